The minimum atomic E-state index is -1.03. The van der Waals surface area contributed by atoms with Crippen LogP contribution in [0.25, 0.3) is 0 Å². The fraction of sp³-hybridized carbons (Fsp3) is 0.333. The van der Waals surface area contributed by atoms with E-state index in [0.717, 1.165) is 13.0 Å². The molecule has 27 heavy (non-hydrogen) atoms. The topological polar surface area (TPSA) is 71.8 Å². The molecule has 1 aromatic heterocycles. The Morgan fingerprint density at radius 3 is 2.48 bits per heavy atom. The number of amides is 1. The van der Waals surface area contributed by atoms with Gasteiger partial charge in [-0.25, -0.2) is 0 Å². The second kappa shape index (κ2) is 8.22. The van der Waals surface area contributed by atoms with E-state index in [2.05, 4.69) is 4.98 Å². The third kappa shape index (κ3) is 3.95. The molecule has 0 aliphatic carbocycles. The number of hydrogen-bond donors (Lipinski definition) is 1. The molecule has 0 radical (unpaired) electrons. The normalized spacial score (nSPS) is 19.7. The Morgan fingerprint density at radius 1 is 1.11 bits per heavy atom. The van der Waals surface area contributed by atoms with Gasteiger partial charge in [-0.3, -0.25) is 19.4 Å². The molecule has 6 heteroatoms. The second-order valence-electron chi connectivity index (χ2n) is 7.11. The summed E-state index contributed by atoms with van der Waals surface area (Å²) in [6.45, 7) is 1.31. The summed E-state index contributed by atoms with van der Waals surface area (Å²) >= 11 is 0. The van der Waals surface area contributed by atoms with Gasteiger partial charge in [0.15, 0.2) is 5.78 Å². The fourth-order valence-electron chi connectivity index (χ4n) is 3.54. The molecule has 3 rings (SSSR count). The minimum Gasteiger partial charge on any atom is -0.340 e. The van der Waals surface area contributed by atoms with Crippen molar-refractivity contribution in [3.8, 4) is 0 Å². The summed E-state index contributed by atoms with van der Waals surface area (Å²) in [5.41, 5.74) is 1.15. The zero-order valence-corrected chi connectivity index (χ0v) is 15.6. The van der Waals surface area contributed by atoms with Crippen molar-refractivity contribution in [3.05, 3.63) is 66.0 Å². The first-order chi connectivity index (χ1) is 13.0. The molecular formula is C21H24N3O3+. The summed E-state index contributed by atoms with van der Waals surface area (Å²) in [5, 5.41) is 0. The Balaban J connectivity index is 1.96. The number of nitrogens with one attached hydrogen (secondary N) is 1. The zero-order valence-electron chi connectivity index (χ0n) is 15.6. The van der Waals surface area contributed by atoms with Crippen LogP contribution in [0.5, 0.6) is 0 Å². The molecule has 1 amide bonds. The molecule has 1 fully saturated rings. The molecule has 0 saturated carbocycles. The Kier molecular flexibility index (Phi) is 5.76. The minimum absolute atomic E-state index is 0.316. The summed E-state index contributed by atoms with van der Waals surface area (Å²) < 4.78 is 0. The molecule has 1 aromatic carbocycles. The van der Waals surface area contributed by atoms with E-state index in [1.54, 1.807) is 47.6 Å². The number of likely N-dealkylation sites (tertiary alicyclic amines) is 1. The van der Waals surface area contributed by atoms with Gasteiger partial charge in [-0.1, -0.05) is 36.4 Å². The van der Waals surface area contributed by atoms with E-state index < -0.39 is 23.7 Å². The summed E-state index contributed by atoms with van der Waals surface area (Å²) in [7, 11) is 4.08. The van der Waals surface area contributed by atoms with Crippen LogP contribution in [0.1, 0.15) is 28.4 Å². The highest BCUT2D eigenvalue weighted by Crippen LogP contribution is 2.37. The second-order valence-corrected chi connectivity index (χ2v) is 7.11. The number of carbonyl (C=O) groups is 3. The largest absolute Gasteiger partial charge is 0.340 e. The van der Waals surface area contributed by atoms with Crippen molar-refractivity contribution in [3.63, 3.8) is 0 Å². The van der Waals surface area contributed by atoms with Crippen LogP contribution in [0.4, 0.5) is 0 Å². The van der Waals surface area contributed by atoms with Crippen LogP contribution >= 0.6 is 0 Å². The van der Waals surface area contributed by atoms with Crippen molar-refractivity contribution in [2.45, 2.75) is 12.5 Å². The molecule has 2 atom stereocenters. The van der Waals surface area contributed by atoms with E-state index in [0.29, 0.717) is 17.7 Å². The predicted molar refractivity (Wildman–Crippen MR) is 100 cm³/mol. The van der Waals surface area contributed by atoms with Gasteiger partial charge in [-0.2, -0.15) is 0 Å². The van der Waals surface area contributed by atoms with Crippen molar-refractivity contribution >= 4 is 17.5 Å². The first-order valence-corrected chi connectivity index (χ1v) is 9.13. The van der Waals surface area contributed by atoms with Crippen molar-refractivity contribution in [1.29, 1.82) is 0 Å². The van der Waals surface area contributed by atoms with Crippen molar-refractivity contribution in [1.82, 2.24) is 9.88 Å². The van der Waals surface area contributed by atoms with Gasteiger partial charge in [0, 0.05) is 30.9 Å². The number of rotatable bonds is 7. The van der Waals surface area contributed by atoms with E-state index in [1.165, 1.54) is 4.90 Å². The molecule has 1 N–H and O–H groups in total. The van der Waals surface area contributed by atoms with Gasteiger partial charge in [0.05, 0.1) is 26.7 Å². The number of quaternary nitrogens is 1. The van der Waals surface area contributed by atoms with E-state index in [9.17, 15) is 14.4 Å². The Labute approximate surface area is 158 Å². The number of nitrogens with zero attached hydrogens (tertiary/aromatic N) is 2. The first-order valence-electron chi connectivity index (χ1n) is 9.13. The van der Waals surface area contributed by atoms with Crippen LogP contribution in [0.2, 0.25) is 0 Å². The number of ketones is 2. The zero-order chi connectivity index (χ0) is 19.4. The number of benzene rings is 1. The van der Waals surface area contributed by atoms with Gasteiger partial charge < -0.3 is 9.80 Å². The third-order valence-electron chi connectivity index (χ3n) is 4.85. The average Bonchev–Trinajstić information content (AvgIpc) is 2.93. The van der Waals surface area contributed by atoms with Crippen molar-refractivity contribution in [2.75, 3.05) is 27.2 Å². The van der Waals surface area contributed by atoms with Gasteiger partial charge in [0.1, 0.15) is 5.92 Å². The maximum atomic E-state index is 13.1. The van der Waals surface area contributed by atoms with Crippen molar-refractivity contribution < 1.29 is 19.3 Å². The molecule has 1 aliphatic rings. The smallest absolute Gasteiger partial charge is 0.291 e. The lowest BCUT2D eigenvalue weighted by atomic mass is 9.87. The molecule has 2 heterocycles. The molecule has 0 bridgehead atoms. The van der Waals surface area contributed by atoms with E-state index in [4.69, 9.17) is 0 Å². The molecular weight excluding hydrogens is 342 g/mol. The van der Waals surface area contributed by atoms with Crippen LogP contribution < -0.4 is 4.90 Å². The first kappa shape index (κ1) is 18.9. The maximum Gasteiger partial charge on any atom is 0.291 e. The lowest BCUT2D eigenvalue weighted by molar-refractivity contribution is -0.858. The summed E-state index contributed by atoms with van der Waals surface area (Å²) in [6, 6.07) is 11.7. The third-order valence-corrected chi connectivity index (χ3v) is 4.85. The molecule has 140 valence electrons. The Hall–Kier alpha value is -2.86. The molecule has 0 spiro atoms. The fourth-order valence-corrected chi connectivity index (χ4v) is 3.54. The van der Waals surface area contributed by atoms with Crippen LogP contribution in [-0.2, 0) is 9.59 Å². The van der Waals surface area contributed by atoms with Gasteiger partial charge in [-0.05, 0) is 11.6 Å². The van der Waals surface area contributed by atoms with Gasteiger partial charge in [0.25, 0.3) is 5.91 Å². The molecule has 2 aromatic rings. The Bertz CT molecular complexity index is 821. The molecule has 1 aliphatic heterocycles. The summed E-state index contributed by atoms with van der Waals surface area (Å²) in [5.74, 6) is -2.55. The van der Waals surface area contributed by atoms with E-state index >= 15 is 0 Å². The lowest BCUT2D eigenvalue weighted by Gasteiger charge is -2.27. The van der Waals surface area contributed by atoms with Gasteiger partial charge >= 0.3 is 0 Å². The van der Waals surface area contributed by atoms with Gasteiger partial charge in [0.2, 0.25) is 5.78 Å². The quantitative estimate of drug-likeness (QED) is 0.442. The van der Waals surface area contributed by atoms with Crippen molar-refractivity contribution in [2.24, 2.45) is 5.92 Å². The maximum absolute atomic E-state index is 13.1. The van der Waals surface area contributed by atoms with Crippen LogP contribution in [0.3, 0.4) is 0 Å². The lowest BCUT2D eigenvalue weighted by Crippen LogP contribution is -3.05. The number of aromatic nitrogens is 1. The number of carbonyl (C=O) groups excluding carboxylic acids is 3. The monoisotopic (exact) mass is 366 g/mol. The number of pyridine rings is 1. The Morgan fingerprint density at radius 2 is 1.85 bits per heavy atom. The van der Waals surface area contributed by atoms with Crippen LogP contribution in [0, 0.1) is 5.92 Å². The predicted octanol–water partition coefficient (Wildman–Crippen LogP) is 0.568. The van der Waals surface area contributed by atoms with Crippen LogP contribution in [-0.4, -0.2) is 54.5 Å². The molecule has 6 nitrogen and oxygen atoms in total. The highest BCUT2D eigenvalue weighted by Gasteiger charge is 2.51. The van der Waals surface area contributed by atoms with E-state index in [1.807, 2.05) is 26.2 Å². The SMILES string of the molecule is C[NH+](C)CCCN1C(=O)C(=O)C(C(=O)c2ccccc2)C1c1cccnc1. The van der Waals surface area contributed by atoms with Crippen LogP contribution in [0.15, 0.2) is 54.9 Å². The van der Waals surface area contributed by atoms with E-state index in [-0.39, 0.29) is 5.78 Å². The molecule has 2 unspecified atom stereocenters. The summed E-state index contributed by atoms with van der Waals surface area (Å²) in [6.07, 6.45) is 4.02. The highest BCUT2D eigenvalue weighted by atomic mass is 16.2. The average molecular weight is 366 g/mol. The molecule has 1 saturated heterocycles. The highest BCUT2D eigenvalue weighted by molar-refractivity contribution is 6.44. The van der Waals surface area contributed by atoms with Gasteiger partial charge in [-0.15, -0.1) is 0 Å². The standard InChI is InChI=1S/C21H23N3O3/c1-23(2)12-7-13-24-18(16-10-6-11-22-14-16)17(20(26)21(24)27)19(25)15-8-4-3-5-9-15/h3-6,8-11,14,17-18H,7,12-13H2,1-2H3/p+1. The number of Topliss-reactive ketones (excluding diaryl/α,β-unsaturated/α-hetero) is 2. The number of hydrogen-bond acceptors (Lipinski definition) is 4. The summed E-state index contributed by atoms with van der Waals surface area (Å²) in [4.78, 5) is 45.5.